The van der Waals surface area contributed by atoms with Gasteiger partial charge in [0.1, 0.15) is 0 Å². The Morgan fingerprint density at radius 1 is 0.559 bits per heavy atom. The predicted molar refractivity (Wildman–Crippen MR) is 134 cm³/mol. The highest BCUT2D eigenvalue weighted by Crippen LogP contribution is 2.26. The number of benzene rings is 3. The fourth-order valence-corrected chi connectivity index (χ4v) is 5.00. The van der Waals surface area contributed by atoms with Gasteiger partial charge < -0.3 is 0 Å². The Balaban J connectivity index is 1.19. The van der Waals surface area contributed by atoms with Crippen molar-refractivity contribution in [3.8, 4) is 11.4 Å². The largest absolute Gasteiger partial charge is 0.214 e. The summed E-state index contributed by atoms with van der Waals surface area (Å²) in [7, 11) is 0. The average molecular weight is 527 g/mol. The summed E-state index contributed by atoms with van der Waals surface area (Å²) in [5, 5.41) is 26.9. The van der Waals surface area contributed by atoms with Crippen molar-refractivity contribution in [3.63, 3.8) is 0 Å². The van der Waals surface area contributed by atoms with Gasteiger partial charge in [0.05, 0.1) is 11.4 Å². The standard InChI is InChI=1S/C22H16Cl2N8S2/c23-17-5-9-19(10-6-17)31-21(25-27-29-31)33-13-15-1-2-16(4-3-15)14-34-22-26-28-30-32(22)20-11-7-18(24)8-12-20/h1-12H,13-14H2. The lowest BCUT2D eigenvalue weighted by Gasteiger charge is -2.06. The first kappa shape index (κ1) is 22.9. The second kappa shape index (κ2) is 10.6. The number of hydrogen-bond acceptors (Lipinski definition) is 8. The topological polar surface area (TPSA) is 87.2 Å². The molecule has 0 aliphatic rings. The van der Waals surface area contributed by atoms with Crippen molar-refractivity contribution in [1.29, 1.82) is 0 Å². The number of rotatable bonds is 8. The zero-order valence-corrected chi connectivity index (χ0v) is 20.6. The normalized spacial score (nSPS) is 11.1. The van der Waals surface area contributed by atoms with Gasteiger partial charge in [-0.25, -0.2) is 0 Å². The Labute approximate surface area is 213 Å². The molecule has 0 N–H and O–H groups in total. The zero-order chi connectivity index (χ0) is 23.3. The van der Waals surface area contributed by atoms with Gasteiger partial charge in [-0.15, -0.1) is 10.2 Å². The van der Waals surface area contributed by atoms with Crippen LogP contribution in [0.15, 0.2) is 83.1 Å². The fourth-order valence-electron chi connectivity index (χ4n) is 3.05. The molecule has 2 heterocycles. The minimum Gasteiger partial charge on any atom is -0.187 e. The third-order valence-electron chi connectivity index (χ3n) is 4.78. The SMILES string of the molecule is Clc1ccc(-n2nnnc2SCc2ccc(CSc3nnnn3-c3ccc(Cl)cc3)cc2)cc1. The highest BCUT2D eigenvalue weighted by atomic mass is 35.5. The van der Waals surface area contributed by atoms with Crippen LogP contribution in [0.3, 0.4) is 0 Å². The van der Waals surface area contributed by atoms with Crippen molar-refractivity contribution in [1.82, 2.24) is 40.4 Å². The number of tetrazole rings is 2. The molecule has 0 saturated heterocycles. The molecule has 8 nitrogen and oxygen atoms in total. The molecule has 0 aliphatic carbocycles. The van der Waals surface area contributed by atoms with E-state index in [1.807, 2.05) is 48.5 Å². The monoisotopic (exact) mass is 526 g/mol. The number of hydrogen-bond donors (Lipinski definition) is 0. The van der Waals surface area contributed by atoms with Crippen LogP contribution in [-0.2, 0) is 11.5 Å². The Bertz CT molecular complexity index is 1260. The Kier molecular flexibility index (Phi) is 7.10. The minimum absolute atomic E-state index is 0.672. The molecule has 12 heteroatoms. The average Bonchev–Trinajstić information content (AvgIpc) is 3.53. The van der Waals surface area contributed by atoms with Gasteiger partial charge in [-0.3, -0.25) is 0 Å². The lowest BCUT2D eigenvalue weighted by atomic mass is 10.2. The Morgan fingerprint density at radius 3 is 1.32 bits per heavy atom. The summed E-state index contributed by atoms with van der Waals surface area (Å²) < 4.78 is 3.41. The maximum Gasteiger partial charge on any atom is 0.214 e. The third kappa shape index (κ3) is 5.41. The molecule has 2 aromatic heterocycles. The summed E-state index contributed by atoms with van der Waals surface area (Å²) in [5.74, 6) is 1.49. The molecule has 0 atom stereocenters. The van der Waals surface area contributed by atoms with E-state index in [1.165, 1.54) is 11.1 Å². The smallest absolute Gasteiger partial charge is 0.187 e. The van der Waals surface area contributed by atoms with Crippen LogP contribution < -0.4 is 0 Å². The maximum absolute atomic E-state index is 5.98. The van der Waals surface area contributed by atoms with Crippen LogP contribution in [0.4, 0.5) is 0 Å². The molecule has 0 amide bonds. The van der Waals surface area contributed by atoms with Crippen LogP contribution >= 0.6 is 46.7 Å². The first-order valence-corrected chi connectivity index (χ1v) is 12.8. The lowest BCUT2D eigenvalue weighted by Crippen LogP contribution is -1.99. The van der Waals surface area contributed by atoms with E-state index < -0.39 is 0 Å². The van der Waals surface area contributed by atoms with Gasteiger partial charge >= 0.3 is 0 Å². The van der Waals surface area contributed by atoms with Crippen molar-refractivity contribution in [2.24, 2.45) is 0 Å². The molecule has 0 radical (unpaired) electrons. The van der Waals surface area contributed by atoms with Crippen LogP contribution in [0.1, 0.15) is 11.1 Å². The molecule has 3 aromatic carbocycles. The highest BCUT2D eigenvalue weighted by Gasteiger charge is 2.11. The number of nitrogens with zero attached hydrogens (tertiary/aromatic N) is 8. The predicted octanol–water partition coefficient (Wildman–Crippen LogP) is 5.53. The Morgan fingerprint density at radius 2 is 0.941 bits per heavy atom. The lowest BCUT2D eigenvalue weighted by molar-refractivity contribution is 0.756. The first-order chi connectivity index (χ1) is 16.7. The van der Waals surface area contributed by atoms with E-state index in [-0.39, 0.29) is 0 Å². The van der Waals surface area contributed by atoms with Gasteiger partial charge in [-0.05, 0) is 80.5 Å². The summed E-state index contributed by atoms with van der Waals surface area (Å²) in [6.45, 7) is 0. The molecule has 5 rings (SSSR count). The van der Waals surface area contributed by atoms with Crippen molar-refractivity contribution < 1.29 is 0 Å². The molecular weight excluding hydrogens is 511 g/mol. The van der Waals surface area contributed by atoms with E-state index in [0.717, 1.165) is 33.2 Å². The molecule has 34 heavy (non-hydrogen) atoms. The van der Waals surface area contributed by atoms with Crippen molar-refractivity contribution >= 4 is 46.7 Å². The van der Waals surface area contributed by atoms with Crippen molar-refractivity contribution in [3.05, 3.63) is 94.0 Å². The van der Waals surface area contributed by atoms with E-state index >= 15 is 0 Å². The van der Waals surface area contributed by atoms with E-state index in [1.54, 1.807) is 32.9 Å². The molecule has 0 bridgehead atoms. The summed E-state index contributed by atoms with van der Waals surface area (Å²) in [5.41, 5.74) is 4.08. The van der Waals surface area contributed by atoms with E-state index in [9.17, 15) is 0 Å². The molecule has 0 aliphatic heterocycles. The van der Waals surface area contributed by atoms with Gasteiger partial charge in [0.15, 0.2) is 0 Å². The number of thioether (sulfide) groups is 2. The summed E-state index contributed by atoms with van der Waals surface area (Å²) in [6.07, 6.45) is 0. The van der Waals surface area contributed by atoms with Gasteiger partial charge in [-0.1, -0.05) is 71.0 Å². The summed E-state index contributed by atoms with van der Waals surface area (Å²) in [4.78, 5) is 0. The van der Waals surface area contributed by atoms with Gasteiger partial charge in [-0.2, -0.15) is 9.36 Å². The van der Waals surface area contributed by atoms with E-state index in [0.29, 0.717) is 10.0 Å². The Hall–Kier alpha value is -2.92. The second-order valence-corrected chi connectivity index (χ2v) is 9.85. The quantitative estimate of drug-likeness (QED) is 0.244. The van der Waals surface area contributed by atoms with Gasteiger partial charge in [0.2, 0.25) is 10.3 Å². The van der Waals surface area contributed by atoms with Crippen LogP contribution in [0, 0.1) is 0 Å². The number of halogens is 2. The molecule has 5 aromatic rings. The van der Waals surface area contributed by atoms with Gasteiger partial charge in [0.25, 0.3) is 0 Å². The van der Waals surface area contributed by atoms with Crippen LogP contribution in [0.5, 0.6) is 0 Å². The molecule has 170 valence electrons. The molecule has 0 spiro atoms. The van der Waals surface area contributed by atoms with E-state index in [4.69, 9.17) is 23.2 Å². The molecule has 0 saturated carbocycles. The first-order valence-electron chi connectivity index (χ1n) is 10.1. The molecule has 0 fully saturated rings. The van der Waals surface area contributed by atoms with Crippen LogP contribution in [0.25, 0.3) is 11.4 Å². The highest BCUT2D eigenvalue weighted by molar-refractivity contribution is 7.98. The van der Waals surface area contributed by atoms with Crippen LogP contribution in [-0.4, -0.2) is 40.4 Å². The number of aromatic nitrogens is 8. The zero-order valence-electron chi connectivity index (χ0n) is 17.5. The fraction of sp³-hybridized carbons (Fsp3) is 0.0909. The van der Waals surface area contributed by atoms with Crippen molar-refractivity contribution in [2.75, 3.05) is 0 Å². The summed E-state index contributed by atoms with van der Waals surface area (Å²) in [6, 6.07) is 23.3. The maximum atomic E-state index is 5.98. The summed E-state index contributed by atoms with van der Waals surface area (Å²) >= 11 is 15.1. The third-order valence-corrected chi connectivity index (χ3v) is 7.27. The van der Waals surface area contributed by atoms with Crippen LogP contribution in [0.2, 0.25) is 10.0 Å². The molecular formula is C22H16Cl2N8S2. The van der Waals surface area contributed by atoms with Crippen molar-refractivity contribution in [2.45, 2.75) is 21.8 Å². The minimum atomic E-state index is 0.672. The second-order valence-electron chi connectivity index (χ2n) is 7.09. The molecule has 0 unspecified atom stereocenters. The van der Waals surface area contributed by atoms with Gasteiger partial charge in [0, 0.05) is 21.6 Å². The van der Waals surface area contributed by atoms with E-state index in [2.05, 4.69) is 55.3 Å².